The minimum atomic E-state index is -1.17. The van der Waals surface area contributed by atoms with E-state index in [2.05, 4.69) is 15.0 Å². The molecule has 0 aliphatic carbocycles. The van der Waals surface area contributed by atoms with Gasteiger partial charge in [-0.3, -0.25) is 9.59 Å². The van der Waals surface area contributed by atoms with Crippen LogP contribution in [0.1, 0.15) is 12.8 Å². The summed E-state index contributed by atoms with van der Waals surface area (Å²) in [5, 5.41) is 25.4. The number of hydrogen-bond donors (Lipinski definition) is 5. The SMILES string of the molecule is N[C@@H](CCC(=O)O)C(=O)O.Oc1nc[nH]c2nccc1-2. The standard InChI is InChI=1S/C6H5N3O.C5H9NO4/c10-6-4-1-2-7-5(4)8-3-9-6;6-3(5(9)10)1-2-4(7)8/h1-3H,(H2,7,8,9,10);3H,1-2,6H2,(H,7,8)(H,9,10)/t;3-/m.0/s1. The smallest absolute Gasteiger partial charge is 0.320 e. The van der Waals surface area contributed by atoms with Crippen LogP contribution >= 0.6 is 0 Å². The molecule has 6 N–H and O–H groups in total. The first-order valence-corrected chi connectivity index (χ1v) is 5.59. The molecule has 0 fully saturated rings. The van der Waals surface area contributed by atoms with Crippen LogP contribution in [0, 0.1) is 0 Å². The van der Waals surface area contributed by atoms with Crippen LogP contribution in [0.2, 0.25) is 0 Å². The van der Waals surface area contributed by atoms with E-state index in [4.69, 9.17) is 21.1 Å². The molecule has 2 aliphatic rings. The minimum absolute atomic E-state index is 0.0197. The number of rotatable bonds is 4. The Morgan fingerprint density at radius 3 is 2.60 bits per heavy atom. The van der Waals surface area contributed by atoms with Gasteiger partial charge in [0.05, 0.1) is 11.9 Å². The molecule has 9 nitrogen and oxygen atoms in total. The Balaban J connectivity index is 0.000000200. The number of fused-ring (bicyclic) bond motifs is 1. The van der Waals surface area contributed by atoms with Crippen molar-refractivity contribution in [2.75, 3.05) is 0 Å². The maximum absolute atomic E-state index is 9.99. The average Bonchev–Trinajstić information content (AvgIpc) is 2.86. The predicted octanol–water partition coefficient (Wildman–Crippen LogP) is -0.122. The topological polar surface area (TPSA) is 162 Å². The van der Waals surface area contributed by atoms with Gasteiger partial charge in [0.25, 0.3) is 0 Å². The highest BCUT2D eigenvalue weighted by atomic mass is 16.4. The second-order valence-electron chi connectivity index (χ2n) is 3.81. The molecule has 0 bridgehead atoms. The Labute approximate surface area is 113 Å². The first-order valence-electron chi connectivity index (χ1n) is 5.59. The van der Waals surface area contributed by atoms with E-state index in [-0.39, 0.29) is 18.7 Å². The van der Waals surface area contributed by atoms with Crippen molar-refractivity contribution in [2.24, 2.45) is 5.73 Å². The Morgan fingerprint density at radius 2 is 2.05 bits per heavy atom. The van der Waals surface area contributed by atoms with E-state index in [1.807, 2.05) is 0 Å². The maximum atomic E-state index is 9.99. The third kappa shape index (κ3) is 4.53. The maximum Gasteiger partial charge on any atom is 0.320 e. The van der Waals surface area contributed by atoms with Gasteiger partial charge in [0.15, 0.2) is 0 Å². The first kappa shape index (κ1) is 15.4. The van der Waals surface area contributed by atoms with E-state index >= 15 is 0 Å². The van der Waals surface area contributed by atoms with Crippen LogP contribution in [0.15, 0.2) is 18.6 Å². The van der Waals surface area contributed by atoms with Crippen molar-refractivity contribution in [1.29, 1.82) is 0 Å². The molecule has 20 heavy (non-hydrogen) atoms. The lowest BCUT2D eigenvalue weighted by Gasteiger charge is -2.01. The molecule has 108 valence electrons. The molecule has 2 rings (SSSR count). The first-order chi connectivity index (χ1) is 9.41. The van der Waals surface area contributed by atoms with Crippen molar-refractivity contribution >= 4 is 11.9 Å². The van der Waals surface area contributed by atoms with Gasteiger partial charge in [0, 0.05) is 12.6 Å². The average molecular weight is 282 g/mol. The van der Waals surface area contributed by atoms with E-state index in [1.54, 1.807) is 12.3 Å². The van der Waals surface area contributed by atoms with Crippen LogP contribution in [0.5, 0.6) is 5.88 Å². The fourth-order valence-corrected chi connectivity index (χ4v) is 1.26. The zero-order valence-corrected chi connectivity index (χ0v) is 10.4. The third-order valence-corrected chi connectivity index (χ3v) is 2.32. The predicted molar refractivity (Wildman–Crippen MR) is 67.2 cm³/mol. The Morgan fingerprint density at radius 1 is 1.35 bits per heavy atom. The van der Waals surface area contributed by atoms with Gasteiger partial charge < -0.3 is 26.0 Å². The Kier molecular flexibility index (Phi) is 5.42. The van der Waals surface area contributed by atoms with Crippen molar-refractivity contribution in [3.63, 3.8) is 0 Å². The zero-order valence-electron chi connectivity index (χ0n) is 10.4. The number of nitrogens with zero attached hydrogens (tertiary/aromatic N) is 2. The molecule has 1 atom stereocenters. The summed E-state index contributed by atoms with van der Waals surface area (Å²) in [6, 6.07) is 0.643. The normalized spacial score (nSPS) is 11.4. The van der Waals surface area contributed by atoms with Crippen molar-refractivity contribution in [3.05, 3.63) is 18.6 Å². The van der Waals surface area contributed by atoms with Crippen molar-refractivity contribution < 1.29 is 24.9 Å². The number of hydrogen-bond acceptors (Lipinski definition) is 6. The van der Waals surface area contributed by atoms with Gasteiger partial charge in [-0.2, -0.15) is 0 Å². The van der Waals surface area contributed by atoms with Gasteiger partial charge in [0.2, 0.25) is 5.88 Å². The van der Waals surface area contributed by atoms with Crippen LogP contribution in [-0.2, 0) is 9.59 Å². The summed E-state index contributed by atoms with van der Waals surface area (Å²) in [7, 11) is 0. The highest BCUT2D eigenvalue weighted by Gasteiger charge is 2.12. The monoisotopic (exact) mass is 282 g/mol. The second kappa shape index (κ2) is 7.04. The highest BCUT2D eigenvalue weighted by Crippen LogP contribution is 2.23. The van der Waals surface area contributed by atoms with Crippen LogP contribution < -0.4 is 5.73 Å². The largest absolute Gasteiger partial charge is 0.493 e. The van der Waals surface area contributed by atoms with Crippen LogP contribution in [-0.4, -0.2) is 48.3 Å². The van der Waals surface area contributed by atoms with Gasteiger partial charge in [-0.1, -0.05) is 0 Å². The molecule has 0 saturated carbocycles. The quantitative estimate of drug-likeness (QED) is 0.518. The lowest BCUT2D eigenvalue weighted by molar-refractivity contribution is -0.139. The van der Waals surface area contributed by atoms with E-state index < -0.39 is 18.0 Å². The molecule has 0 aromatic carbocycles. The number of aromatic hydroxyl groups is 1. The molecule has 0 aromatic heterocycles. The number of aliphatic carboxylic acids is 2. The van der Waals surface area contributed by atoms with Gasteiger partial charge in [-0.05, 0) is 12.5 Å². The summed E-state index contributed by atoms with van der Waals surface area (Å²) >= 11 is 0. The molecule has 0 aromatic rings. The van der Waals surface area contributed by atoms with E-state index in [1.165, 1.54) is 6.33 Å². The number of nitrogens with two attached hydrogens (primary N) is 1. The van der Waals surface area contributed by atoms with Crippen LogP contribution in [0.3, 0.4) is 0 Å². The fraction of sp³-hybridized carbons (Fsp3) is 0.273. The molecule has 2 aliphatic heterocycles. The number of carboxylic acids is 2. The van der Waals surface area contributed by atoms with Gasteiger partial charge in [-0.25, -0.2) is 9.97 Å². The van der Waals surface area contributed by atoms with E-state index in [9.17, 15) is 9.59 Å². The second-order valence-corrected chi connectivity index (χ2v) is 3.81. The number of carboxylic acid groups (broad SMARTS) is 2. The van der Waals surface area contributed by atoms with Crippen molar-refractivity contribution in [3.8, 4) is 17.3 Å². The summed E-state index contributed by atoms with van der Waals surface area (Å²) in [6.07, 6.45) is 2.80. The molecule has 2 heterocycles. The van der Waals surface area contributed by atoms with Crippen LogP contribution in [0.25, 0.3) is 11.4 Å². The summed E-state index contributed by atoms with van der Waals surface area (Å²) < 4.78 is 0. The molecule has 0 unspecified atom stereocenters. The third-order valence-electron chi connectivity index (χ3n) is 2.32. The summed E-state index contributed by atoms with van der Waals surface area (Å²) in [6.45, 7) is 0. The van der Waals surface area contributed by atoms with Crippen molar-refractivity contribution in [1.82, 2.24) is 15.0 Å². The molecule has 0 saturated heterocycles. The van der Waals surface area contributed by atoms with Gasteiger partial charge >= 0.3 is 11.9 Å². The zero-order chi connectivity index (χ0) is 15.1. The van der Waals surface area contributed by atoms with Crippen LogP contribution in [0.4, 0.5) is 0 Å². The minimum Gasteiger partial charge on any atom is -0.493 e. The number of H-pyrrole nitrogens is 1. The van der Waals surface area contributed by atoms with E-state index in [0.717, 1.165) is 0 Å². The molecular formula is C11H14N4O5. The summed E-state index contributed by atoms with van der Waals surface area (Å²) in [5.41, 5.74) is 5.66. The number of aromatic nitrogens is 3. The molecule has 9 heteroatoms. The Hall–Kier alpha value is -2.68. The summed E-state index contributed by atoms with van der Waals surface area (Å²) in [5.74, 6) is -1.52. The van der Waals surface area contributed by atoms with Crippen molar-refractivity contribution in [2.45, 2.75) is 18.9 Å². The Bertz CT molecular complexity index is 556. The number of nitrogens with one attached hydrogen (secondary N) is 1. The number of carbonyl (C=O) groups is 2. The molecular weight excluding hydrogens is 268 g/mol. The molecule has 0 spiro atoms. The van der Waals surface area contributed by atoms with E-state index in [0.29, 0.717) is 11.4 Å². The molecule has 0 radical (unpaired) electrons. The van der Waals surface area contributed by atoms with Gasteiger partial charge in [-0.15, -0.1) is 0 Å². The molecule has 0 amide bonds. The fourth-order valence-electron chi connectivity index (χ4n) is 1.26. The lowest BCUT2D eigenvalue weighted by atomic mass is 10.2. The highest BCUT2D eigenvalue weighted by molar-refractivity contribution is 5.74. The summed E-state index contributed by atoms with van der Waals surface area (Å²) in [4.78, 5) is 30.2. The lowest BCUT2D eigenvalue weighted by Crippen LogP contribution is -2.30. The number of aromatic amines is 1. The van der Waals surface area contributed by atoms with Gasteiger partial charge in [0.1, 0.15) is 11.9 Å².